The lowest BCUT2D eigenvalue weighted by Gasteiger charge is -2.14. The molecule has 0 saturated carbocycles. The average molecular weight is 407 g/mol. The monoisotopic (exact) mass is 406 g/mol. The maximum absolute atomic E-state index is 12.7. The van der Waals surface area contributed by atoms with E-state index < -0.39 is 5.97 Å². The quantitative estimate of drug-likeness (QED) is 0.628. The molecule has 2 aromatic heterocycles. The van der Waals surface area contributed by atoms with Crippen LogP contribution in [0.15, 0.2) is 28.7 Å². The zero-order chi connectivity index (χ0) is 20.4. The lowest BCUT2D eigenvalue weighted by Crippen LogP contribution is -2.22. The molecule has 0 aliphatic rings. The number of benzene rings is 1. The van der Waals surface area contributed by atoms with Gasteiger partial charge >= 0.3 is 5.97 Å². The van der Waals surface area contributed by atoms with Crippen molar-refractivity contribution in [1.29, 1.82) is 0 Å². The highest BCUT2D eigenvalue weighted by Gasteiger charge is 2.21. The minimum atomic E-state index is -0.568. The molecule has 1 aromatic carbocycles. The predicted octanol–water partition coefficient (Wildman–Crippen LogP) is 3.64. The molecule has 148 valence electrons. The van der Waals surface area contributed by atoms with Crippen molar-refractivity contribution in [2.45, 2.75) is 13.5 Å². The minimum absolute atomic E-state index is 0.139. The van der Waals surface area contributed by atoms with Crippen LogP contribution in [-0.4, -0.2) is 37.8 Å². The molecule has 9 heteroatoms. The van der Waals surface area contributed by atoms with Gasteiger partial charge in [0, 0.05) is 18.2 Å². The van der Waals surface area contributed by atoms with Gasteiger partial charge in [0.15, 0.2) is 5.58 Å². The summed E-state index contributed by atoms with van der Waals surface area (Å²) in [5.74, 6) is 0.521. The largest absolute Gasteiger partial charge is 0.495 e. The van der Waals surface area contributed by atoms with Crippen LogP contribution in [0, 0.1) is 6.92 Å². The number of nitrogens with zero attached hydrogens (tertiary/aromatic N) is 1. The van der Waals surface area contributed by atoms with Crippen LogP contribution in [0.1, 0.15) is 16.2 Å². The Morgan fingerprint density at radius 1 is 1.11 bits per heavy atom. The number of fused-ring (bicyclic) bond motifs is 1. The van der Waals surface area contributed by atoms with Gasteiger partial charge in [-0.2, -0.15) is 0 Å². The molecule has 0 spiro atoms. The highest BCUT2D eigenvalue weighted by atomic mass is 35.5. The number of nitrogens with one attached hydrogen (secondary N) is 1. The number of esters is 1. The fourth-order valence-electron chi connectivity index (χ4n) is 2.90. The van der Waals surface area contributed by atoms with Crippen molar-refractivity contribution >= 4 is 40.3 Å². The molecular formula is C19H19ClN2O6. The lowest BCUT2D eigenvalue weighted by molar-refractivity contribution is -0.116. The summed E-state index contributed by atoms with van der Waals surface area (Å²) in [5.41, 5.74) is 1.71. The van der Waals surface area contributed by atoms with E-state index in [9.17, 15) is 9.59 Å². The van der Waals surface area contributed by atoms with Gasteiger partial charge in [0.2, 0.25) is 5.91 Å². The molecular weight excluding hydrogens is 388 g/mol. The first-order valence-electron chi connectivity index (χ1n) is 8.27. The normalized spacial score (nSPS) is 10.8. The number of hydrogen-bond donors (Lipinski definition) is 1. The molecule has 0 atom stereocenters. The summed E-state index contributed by atoms with van der Waals surface area (Å²) in [6.07, 6.45) is 0. The second-order valence-corrected chi connectivity index (χ2v) is 6.36. The molecule has 8 nitrogen and oxygen atoms in total. The smallest absolute Gasteiger partial charge is 0.354 e. The summed E-state index contributed by atoms with van der Waals surface area (Å²) >= 11 is 6.14. The Balaban J connectivity index is 1.91. The molecule has 0 unspecified atom stereocenters. The molecule has 0 fully saturated rings. The van der Waals surface area contributed by atoms with Crippen molar-refractivity contribution in [2.75, 3.05) is 26.6 Å². The summed E-state index contributed by atoms with van der Waals surface area (Å²) in [7, 11) is 4.23. The summed E-state index contributed by atoms with van der Waals surface area (Å²) in [5, 5.41) is 3.06. The third kappa shape index (κ3) is 3.63. The van der Waals surface area contributed by atoms with E-state index >= 15 is 0 Å². The zero-order valence-electron chi connectivity index (χ0n) is 15.8. The van der Waals surface area contributed by atoms with Crippen LogP contribution in [0.5, 0.6) is 11.5 Å². The third-order valence-electron chi connectivity index (χ3n) is 4.16. The first-order valence-corrected chi connectivity index (χ1v) is 8.65. The van der Waals surface area contributed by atoms with Crippen LogP contribution in [-0.2, 0) is 16.1 Å². The van der Waals surface area contributed by atoms with Crippen molar-refractivity contribution in [2.24, 2.45) is 0 Å². The Labute approximate surface area is 165 Å². The van der Waals surface area contributed by atoms with Gasteiger partial charge in [-0.05, 0) is 13.0 Å². The Hall–Kier alpha value is -3.13. The number of anilines is 1. The second kappa shape index (κ2) is 7.85. The number of aryl methyl sites for hydroxylation is 1. The van der Waals surface area contributed by atoms with E-state index in [1.165, 1.54) is 32.0 Å². The molecule has 0 aliphatic heterocycles. The molecule has 0 saturated heterocycles. The van der Waals surface area contributed by atoms with Gasteiger partial charge in [-0.25, -0.2) is 4.79 Å². The van der Waals surface area contributed by atoms with Gasteiger partial charge in [-0.15, -0.1) is 0 Å². The maximum Gasteiger partial charge on any atom is 0.354 e. The predicted molar refractivity (Wildman–Crippen MR) is 103 cm³/mol. The van der Waals surface area contributed by atoms with E-state index in [1.54, 1.807) is 25.1 Å². The SMILES string of the molecule is COC(=O)c1cc2oc(C)cc2n1CC(=O)Nc1cc(Cl)c(OC)cc1OC. The van der Waals surface area contributed by atoms with Crippen LogP contribution < -0.4 is 14.8 Å². The lowest BCUT2D eigenvalue weighted by atomic mass is 10.2. The molecule has 28 heavy (non-hydrogen) atoms. The van der Waals surface area contributed by atoms with Crippen LogP contribution in [0.3, 0.4) is 0 Å². The third-order valence-corrected chi connectivity index (χ3v) is 4.45. The molecule has 1 amide bonds. The van der Waals surface area contributed by atoms with Gasteiger partial charge in [0.25, 0.3) is 0 Å². The summed E-state index contributed by atoms with van der Waals surface area (Å²) in [4.78, 5) is 24.8. The molecule has 0 radical (unpaired) electrons. The van der Waals surface area contributed by atoms with Crippen molar-refractivity contribution < 1.29 is 28.2 Å². The van der Waals surface area contributed by atoms with E-state index in [0.717, 1.165) is 0 Å². The molecule has 0 bridgehead atoms. The Bertz CT molecular complexity index is 1050. The maximum atomic E-state index is 12.7. The molecule has 3 rings (SSSR count). The van der Waals surface area contributed by atoms with E-state index in [2.05, 4.69) is 5.32 Å². The van der Waals surface area contributed by atoms with Crippen molar-refractivity contribution in [3.63, 3.8) is 0 Å². The van der Waals surface area contributed by atoms with Crippen molar-refractivity contribution in [1.82, 2.24) is 4.57 Å². The Morgan fingerprint density at radius 3 is 2.46 bits per heavy atom. The highest BCUT2D eigenvalue weighted by molar-refractivity contribution is 6.32. The fourth-order valence-corrected chi connectivity index (χ4v) is 3.14. The minimum Gasteiger partial charge on any atom is -0.495 e. The molecule has 3 aromatic rings. The molecule has 0 aliphatic carbocycles. The van der Waals surface area contributed by atoms with Gasteiger partial charge in [0.1, 0.15) is 29.5 Å². The van der Waals surface area contributed by atoms with E-state index in [4.69, 9.17) is 30.2 Å². The number of hydrogen-bond acceptors (Lipinski definition) is 6. The fraction of sp³-hybridized carbons (Fsp3) is 0.263. The molecule has 2 heterocycles. The van der Waals surface area contributed by atoms with Crippen LogP contribution in [0.25, 0.3) is 11.1 Å². The Kier molecular flexibility index (Phi) is 5.51. The average Bonchev–Trinajstić information content (AvgIpc) is 3.18. The standard InChI is InChI=1S/C19H19ClN2O6/c1-10-5-13-17(28-10)7-14(19(24)27-4)22(13)9-18(23)21-12-6-11(20)15(25-2)8-16(12)26-3/h5-8H,9H2,1-4H3,(H,21,23). The number of furan rings is 1. The number of aromatic nitrogens is 1. The summed E-state index contributed by atoms with van der Waals surface area (Å²) in [6.45, 7) is 1.64. The molecule has 1 N–H and O–H groups in total. The first kappa shape index (κ1) is 19.6. The van der Waals surface area contributed by atoms with E-state index in [1.807, 2.05) is 0 Å². The number of ether oxygens (including phenoxy) is 3. The zero-order valence-corrected chi connectivity index (χ0v) is 16.5. The number of rotatable bonds is 6. The van der Waals surface area contributed by atoms with Crippen LogP contribution >= 0.6 is 11.6 Å². The van der Waals surface area contributed by atoms with E-state index in [-0.39, 0.29) is 18.1 Å². The summed E-state index contributed by atoms with van der Waals surface area (Å²) < 4.78 is 22.3. The van der Waals surface area contributed by atoms with Crippen LogP contribution in [0.2, 0.25) is 5.02 Å². The number of carbonyl (C=O) groups is 2. The Morgan fingerprint density at radius 2 is 1.82 bits per heavy atom. The van der Waals surface area contributed by atoms with Gasteiger partial charge < -0.3 is 28.5 Å². The second-order valence-electron chi connectivity index (χ2n) is 5.95. The highest BCUT2D eigenvalue weighted by Crippen LogP contribution is 2.36. The number of carbonyl (C=O) groups excluding carboxylic acids is 2. The number of halogens is 1. The first-order chi connectivity index (χ1) is 13.4. The van der Waals surface area contributed by atoms with Gasteiger partial charge in [-0.1, -0.05) is 11.6 Å². The van der Waals surface area contributed by atoms with E-state index in [0.29, 0.717) is 39.1 Å². The van der Waals surface area contributed by atoms with Crippen molar-refractivity contribution in [3.8, 4) is 11.5 Å². The topological polar surface area (TPSA) is 91.9 Å². The number of amides is 1. The van der Waals surface area contributed by atoms with Gasteiger partial charge in [-0.3, -0.25) is 4.79 Å². The number of methoxy groups -OCH3 is 3. The summed E-state index contributed by atoms with van der Waals surface area (Å²) in [6, 6.07) is 6.41. The van der Waals surface area contributed by atoms with Gasteiger partial charge in [0.05, 0.1) is 37.6 Å². The van der Waals surface area contributed by atoms with Crippen LogP contribution in [0.4, 0.5) is 5.69 Å². The van der Waals surface area contributed by atoms with Crippen molar-refractivity contribution in [3.05, 3.63) is 40.7 Å².